The van der Waals surface area contributed by atoms with Crippen LogP contribution in [0.25, 0.3) is 0 Å². The lowest BCUT2D eigenvalue weighted by Crippen LogP contribution is -2.22. The Morgan fingerprint density at radius 3 is 1.61 bits per heavy atom. The number of hydrogen-bond donors (Lipinski definition) is 0. The monoisotopic (exact) mass is 336 g/mol. The molecule has 114 valence electrons. The van der Waals surface area contributed by atoms with Crippen LogP contribution in [0, 0.1) is 6.92 Å². The molecule has 0 atom stereocenters. The van der Waals surface area contributed by atoms with Gasteiger partial charge in [-0.25, -0.2) is 0 Å². The van der Waals surface area contributed by atoms with Crippen molar-refractivity contribution < 1.29 is 4.79 Å². The lowest BCUT2D eigenvalue weighted by Gasteiger charge is -2.22. The zero-order valence-electron chi connectivity index (χ0n) is 12.8. The summed E-state index contributed by atoms with van der Waals surface area (Å²) in [6, 6.07) is 24.7. The molecule has 0 saturated carbocycles. The molecule has 0 fully saturated rings. The number of carbonyl (C=O) groups excluding carboxylic acids is 1. The number of rotatable bonds is 4. The van der Waals surface area contributed by atoms with Gasteiger partial charge in [0.05, 0.1) is 6.04 Å². The van der Waals surface area contributed by atoms with Crippen LogP contribution in [-0.2, 0) is 11.8 Å². The molecule has 3 aromatic rings. The highest BCUT2D eigenvalue weighted by atomic mass is 32.4. The molecule has 3 aromatic carbocycles. The van der Waals surface area contributed by atoms with Crippen molar-refractivity contribution in [2.75, 3.05) is 0 Å². The molecule has 0 spiro atoms. The highest BCUT2D eigenvalue weighted by molar-refractivity contribution is 8.30. The van der Waals surface area contributed by atoms with Gasteiger partial charge in [0, 0.05) is 5.56 Å². The van der Waals surface area contributed by atoms with Crippen molar-refractivity contribution in [1.29, 1.82) is 0 Å². The van der Waals surface area contributed by atoms with E-state index in [0.29, 0.717) is 5.56 Å². The Balaban J connectivity index is 2.19. The second kappa shape index (κ2) is 6.62. The van der Waals surface area contributed by atoms with Crippen LogP contribution in [0.4, 0.5) is 0 Å². The van der Waals surface area contributed by atoms with E-state index in [1.165, 1.54) is 0 Å². The first-order valence-corrected chi connectivity index (χ1v) is 10.3. The third-order valence-electron chi connectivity index (χ3n) is 3.82. The zero-order chi connectivity index (χ0) is 16.3. The number of carbonyl (C=O) groups is 1. The quantitative estimate of drug-likeness (QED) is 0.662. The Labute approximate surface area is 142 Å². The highest BCUT2D eigenvalue weighted by Gasteiger charge is 2.31. The van der Waals surface area contributed by atoms with Crippen LogP contribution in [0.2, 0.25) is 0 Å². The summed E-state index contributed by atoms with van der Waals surface area (Å²) in [6.07, 6.45) is 0. The van der Waals surface area contributed by atoms with E-state index in [-0.39, 0.29) is 5.52 Å². The molecule has 0 aliphatic heterocycles. The van der Waals surface area contributed by atoms with E-state index < -0.39 is 6.04 Å². The van der Waals surface area contributed by atoms with Crippen molar-refractivity contribution in [3.63, 3.8) is 0 Å². The largest absolute Gasteiger partial charge is 0.287 e. The average molecular weight is 336 g/mol. The Bertz CT molecular complexity index is 812. The van der Waals surface area contributed by atoms with Crippen molar-refractivity contribution in [3.8, 4) is 0 Å². The first-order chi connectivity index (χ1) is 11.1. The maximum absolute atomic E-state index is 13.3. The van der Waals surface area contributed by atoms with Crippen molar-refractivity contribution in [2.24, 2.45) is 0 Å². The molecule has 0 amide bonds. The molecule has 3 rings (SSSR count). The highest BCUT2D eigenvalue weighted by Crippen LogP contribution is 2.47. The number of aryl methyl sites for hydroxylation is 1. The molecular formula is C20H17OPS. The van der Waals surface area contributed by atoms with Crippen LogP contribution >= 0.6 is 6.04 Å². The minimum atomic E-state index is -2.56. The molecule has 3 heteroatoms. The summed E-state index contributed by atoms with van der Waals surface area (Å²) in [5.74, 6) is 0. The van der Waals surface area contributed by atoms with Gasteiger partial charge in [-0.2, -0.15) is 0 Å². The van der Waals surface area contributed by atoms with Gasteiger partial charge in [0.2, 0.25) is 5.52 Å². The maximum atomic E-state index is 13.3. The van der Waals surface area contributed by atoms with Crippen molar-refractivity contribution >= 4 is 34.0 Å². The number of hydrogen-bond acceptors (Lipinski definition) is 2. The molecule has 0 bridgehead atoms. The predicted molar refractivity (Wildman–Crippen MR) is 102 cm³/mol. The van der Waals surface area contributed by atoms with Gasteiger partial charge in [-0.05, 0) is 17.5 Å². The lowest BCUT2D eigenvalue weighted by atomic mass is 10.2. The SMILES string of the molecule is Cc1ccc(C(=O)P(=S)(c2ccccc2)c2ccccc2)cc1. The molecule has 0 aromatic heterocycles. The molecule has 23 heavy (non-hydrogen) atoms. The van der Waals surface area contributed by atoms with Gasteiger partial charge in [-0.1, -0.05) is 102 Å². The minimum absolute atomic E-state index is 0.0462. The molecule has 0 saturated heterocycles. The second-order valence-corrected chi connectivity index (χ2v) is 9.75. The summed E-state index contributed by atoms with van der Waals surface area (Å²) in [6.45, 7) is 2.01. The Kier molecular flexibility index (Phi) is 4.56. The van der Waals surface area contributed by atoms with Crippen LogP contribution in [0.3, 0.4) is 0 Å². The van der Waals surface area contributed by atoms with E-state index in [2.05, 4.69) is 0 Å². The smallest absolute Gasteiger partial charge is 0.202 e. The molecule has 0 aliphatic rings. The Morgan fingerprint density at radius 2 is 1.17 bits per heavy atom. The maximum Gasteiger partial charge on any atom is 0.202 e. The minimum Gasteiger partial charge on any atom is -0.287 e. The summed E-state index contributed by atoms with van der Waals surface area (Å²) in [7, 11) is 0. The molecular weight excluding hydrogens is 319 g/mol. The van der Waals surface area contributed by atoms with Crippen LogP contribution in [0.15, 0.2) is 84.9 Å². The Morgan fingerprint density at radius 1 is 0.739 bits per heavy atom. The van der Waals surface area contributed by atoms with E-state index in [1.807, 2.05) is 91.9 Å². The van der Waals surface area contributed by atoms with Crippen LogP contribution < -0.4 is 10.6 Å². The fourth-order valence-corrected chi connectivity index (χ4v) is 6.05. The third kappa shape index (κ3) is 3.06. The predicted octanol–water partition coefficient (Wildman–Crippen LogP) is 4.27. The van der Waals surface area contributed by atoms with E-state index in [4.69, 9.17) is 11.8 Å². The topological polar surface area (TPSA) is 17.1 Å². The first-order valence-electron chi connectivity index (χ1n) is 7.45. The van der Waals surface area contributed by atoms with E-state index in [0.717, 1.165) is 16.2 Å². The lowest BCUT2D eigenvalue weighted by molar-refractivity contribution is 0.108. The van der Waals surface area contributed by atoms with Gasteiger partial charge in [0.15, 0.2) is 0 Å². The normalized spacial score (nSPS) is 11.2. The molecule has 0 aliphatic carbocycles. The molecule has 0 unspecified atom stereocenters. The number of benzene rings is 3. The first kappa shape index (κ1) is 15.9. The van der Waals surface area contributed by atoms with E-state index in [1.54, 1.807) is 0 Å². The van der Waals surface area contributed by atoms with E-state index >= 15 is 0 Å². The molecule has 0 radical (unpaired) electrons. The fourth-order valence-electron chi connectivity index (χ4n) is 2.54. The van der Waals surface area contributed by atoms with Crippen molar-refractivity contribution in [3.05, 3.63) is 96.1 Å². The van der Waals surface area contributed by atoms with Gasteiger partial charge in [-0.3, -0.25) is 4.79 Å². The van der Waals surface area contributed by atoms with Gasteiger partial charge < -0.3 is 0 Å². The summed E-state index contributed by atoms with van der Waals surface area (Å²) in [5, 5.41) is 1.87. The summed E-state index contributed by atoms with van der Waals surface area (Å²) < 4.78 is 0. The summed E-state index contributed by atoms with van der Waals surface area (Å²) in [4.78, 5) is 13.3. The van der Waals surface area contributed by atoms with Gasteiger partial charge in [0.1, 0.15) is 0 Å². The van der Waals surface area contributed by atoms with E-state index in [9.17, 15) is 4.79 Å². The van der Waals surface area contributed by atoms with Gasteiger partial charge in [-0.15, -0.1) is 0 Å². The van der Waals surface area contributed by atoms with Crippen molar-refractivity contribution in [2.45, 2.75) is 6.92 Å². The van der Waals surface area contributed by atoms with Crippen LogP contribution in [0.1, 0.15) is 15.9 Å². The van der Waals surface area contributed by atoms with Crippen LogP contribution in [0.5, 0.6) is 0 Å². The zero-order valence-corrected chi connectivity index (χ0v) is 14.6. The standard InChI is InChI=1S/C20H17OPS/c1-16-12-14-17(15-13-16)20(21)22(23,18-8-4-2-5-9-18)19-10-6-3-7-11-19/h2-15H,1H3. The summed E-state index contributed by atoms with van der Waals surface area (Å²) in [5.41, 5.74) is 1.87. The molecule has 0 N–H and O–H groups in total. The van der Waals surface area contributed by atoms with Crippen molar-refractivity contribution in [1.82, 2.24) is 0 Å². The third-order valence-corrected chi connectivity index (χ3v) is 8.47. The average Bonchev–Trinajstić information content (AvgIpc) is 2.62. The summed E-state index contributed by atoms with van der Waals surface area (Å²) >= 11 is 6.03. The van der Waals surface area contributed by atoms with Crippen LogP contribution in [-0.4, -0.2) is 5.52 Å². The molecule has 0 heterocycles. The van der Waals surface area contributed by atoms with Gasteiger partial charge in [0.25, 0.3) is 0 Å². The second-order valence-electron chi connectivity index (χ2n) is 5.45. The Hall–Kier alpha value is -2.02. The fraction of sp³-hybridized carbons (Fsp3) is 0.0500. The molecule has 1 nitrogen and oxygen atoms in total. The van der Waals surface area contributed by atoms with Gasteiger partial charge >= 0.3 is 0 Å².